The standard InChI is InChI=1S/C34H42FN7O4/c1-19-24-10-9-20-15-26(42(30(20)38-24)12-7-5-6-8-22-17-34(22,35)33(44)37-19)31-39-25-14-21(16-28(46-4)29(25)40(31)2)32(43)41-13-11-27(45-3)23(36)18-41/h9-10,14-16,19,22-23,27H,5-8,11-13,17-18,36H2,1-4H3,(H,37,44)/t19-,22-,23+,27-,34+/m1/s1. The van der Waals surface area contributed by atoms with Crippen molar-refractivity contribution in [3.63, 3.8) is 0 Å². The number of hydrogen-bond donors (Lipinski definition) is 2. The van der Waals surface area contributed by atoms with E-state index in [1.54, 1.807) is 25.2 Å². The first kappa shape index (κ1) is 30.6. The second-order valence-corrected chi connectivity index (χ2v) is 13.2. The Morgan fingerprint density at radius 2 is 1.93 bits per heavy atom. The predicted octanol–water partition coefficient (Wildman–Crippen LogP) is 4.27. The fourth-order valence-electron chi connectivity index (χ4n) is 7.37. The summed E-state index contributed by atoms with van der Waals surface area (Å²) in [7, 11) is 5.20. The molecule has 2 fully saturated rings. The zero-order chi connectivity index (χ0) is 32.3. The van der Waals surface area contributed by atoms with Crippen LogP contribution in [0.5, 0.6) is 5.75 Å². The van der Waals surface area contributed by atoms with E-state index in [0.29, 0.717) is 61.4 Å². The average molecular weight is 632 g/mol. The van der Waals surface area contributed by atoms with Crippen LogP contribution in [0.2, 0.25) is 0 Å². The van der Waals surface area contributed by atoms with Crippen molar-refractivity contribution >= 4 is 33.9 Å². The van der Waals surface area contributed by atoms with Crippen LogP contribution in [0, 0.1) is 5.92 Å². The zero-order valence-electron chi connectivity index (χ0n) is 26.9. The number of piperidine rings is 1. The predicted molar refractivity (Wildman–Crippen MR) is 172 cm³/mol. The van der Waals surface area contributed by atoms with Crippen molar-refractivity contribution in [3.8, 4) is 17.3 Å². The Hall–Kier alpha value is -4.03. The van der Waals surface area contributed by atoms with Gasteiger partial charge < -0.3 is 34.6 Å². The summed E-state index contributed by atoms with van der Waals surface area (Å²) in [5.74, 6) is 0.423. The van der Waals surface area contributed by atoms with Crippen molar-refractivity contribution in [2.45, 2.75) is 75.8 Å². The smallest absolute Gasteiger partial charge is 0.258 e. The quantitative estimate of drug-likeness (QED) is 0.344. The number of likely N-dealkylation sites (tertiary alicyclic amines) is 1. The third kappa shape index (κ3) is 5.11. The van der Waals surface area contributed by atoms with Gasteiger partial charge in [-0.05, 0) is 62.9 Å². The number of ether oxygens (including phenoxy) is 2. The summed E-state index contributed by atoms with van der Waals surface area (Å²) < 4.78 is 30.7. The van der Waals surface area contributed by atoms with E-state index >= 15 is 4.39 Å². The van der Waals surface area contributed by atoms with E-state index in [1.165, 1.54) is 0 Å². The minimum atomic E-state index is -1.75. The van der Waals surface area contributed by atoms with Gasteiger partial charge in [-0.2, -0.15) is 0 Å². The highest BCUT2D eigenvalue weighted by Crippen LogP contribution is 2.51. The van der Waals surface area contributed by atoms with Gasteiger partial charge in [0.1, 0.15) is 16.9 Å². The Morgan fingerprint density at radius 3 is 2.70 bits per heavy atom. The molecule has 2 bridgehead atoms. The third-order valence-corrected chi connectivity index (χ3v) is 10.2. The van der Waals surface area contributed by atoms with Crippen LogP contribution in [-0.2, 0) is 23.1 Å². The number of rotatable bonds is 4. The monoisotopic (exact) mass is 631 g/mol. The van der Waals surface area contributed by atoms with E-state index in [-0.39, 0.29) is 24.0 Å². The Labute approximate surface area is 267 Å². The van der Waals surface area contributed by atoms with Gasteiger partial charge >= 0.3 is 0 Å². The lowest BCUT2D eigenvalue weighted by Gasteiger charge is -2.36. The van der Waals surface area contributed by atoms with Gasteiger partial charge in [0.2, 0.25) is 0 Å². The largest absolute Gasteiger partial charge is 0.494 e. The molecule has 5 heterocycles. The number of hydrogen-bond acceptors (Lipinski definition) is 7. The summed E-state index contributed by atoms with van der Waals surface area (Å²) in [6.45, 7) is 3.53. The second kappa shape index (κ2) is 11.6. The number of carbonyl (C=O) groups excluding carboxylic acids is 2. The van der Waals surface area contributed by atoms with Gasteiger partial charge in [0, 0.05) is 56.7 Å². The first-order chi connectivity index (χ1) is 22.1. The number of halogens is 1. The lowest BCUT2D eigenvalue weighted by Crippen LogP contribution is -2.53. The molecule has 1 aromatic carbocycles. The molecule has 2 aliphatic heterocycles. The molecule has 5 atom stereocenters. The van der Waals surface area contributed by atoms with Crippen LogP contribution in [0.1, 0.15) is 67.5 Å². The minimum Gasteiger partial charge on any atom is -0.494 e. The number of nitrogens with two attached hydrogens (primary N) is 1. The minimum absolute atomic E-state index is 0.0664. The molecule has 1 aliphatic carbocycles. The Kier molecular flexibility index (Phi) is 7.75. The highest BCUT2D eigenvalue weighted by molar-refractivity contribution is 6.00. The molecule has 7 rings (SSSR count). The number of nitrogens with zero attached hydrogens (tertiary/aromatic N) is 5. The number of aryl methyl sites for hydroxylation is 2. The average Bonchev–Trinajstić information content (AvgIpc) is 3.42. The molecule has 1 saturated heterocycles. The van der Waals surface area contributed by atoms with Gasteiger partial charge in [0.15, 0.2) is 11.5 Å². The van der Waals surface area contributed by atoms with Gasteiger partial charge in [-0.15, -0.1) is 0 Å². The first-order valence-corrected chi connectivity index (χ1v) is 16.3. The molecule has 244 valence electrons. The van der Waals surface area contributed by atoms with Crippen LogP contribution in [0.4, 0.5) is 4.39 Å². The Morgan fingerprint density at radius 1 is 1.11 bits per heavy atom. The van der Waals surface area contributed by atoms with Crippen molar-refractivity contribution in [2.75, 3.05) is 27.3 Å². The van der Waals surface area contributed by atoms with Crippen molar-refractivity contribution < 1.29 is 23.5 Å². The molecule has 3 aliphatic rings. The number of nitrogens with one attached hydrogen (secondary N) is 1. The number of amides is 2. The molecule has 46 heavy (non-hydrogen) atoms. The van der Waals surface area contributed by atoms with Gasteiger partial charge in [-0.3, -0.25) is 9.59 Å². The third-order valence-electron chi connectivity index (χ3n) is 10.2. The molecule has 2 amide bonds. The molecule has 0 radical (unpaired) electrons. The summed E-state index contributed by atoms with van der Waals surface area (Å²) in [6, 6.07) is 8.88. The van der Waals surface area contributed by atoms with Gasteiger partial charge in [0.25, 0.3) is 11.8 Å². The molecule has 11 nitrogen and oxygen atoms in total. The van der Waals surface area contributed by atoms with Crippen LogP contribution in [-0.4, -0.2) is 80.9 Å². The first-order valence-electron chi connectivity index (χ1n) is 16.3. The lowest BCUT2D eigenvalue weighted by atomic mass is 10.0. The molecule has 1 saturated carbocycles. The number of aromatic nitrogens is 4. The number of pyridine rings is 1. The highest BCUT2D eigenvalue weighted by Gasteiger charge is 2.60. The highest BCUT2D eigenvalue weighted by atomic mass is 19.1. The van der Waals surface area contributed by atoms with Crippen molar-refractivity contribution in [1.29, 1.82) is 0 Å². The van der Waals surface area contributed by atoms with Crippen LogP contribution >= 0.6 is 0 Å². The van der Waals surface area contributed by atoms with E-state index in [9.17, 15) is 9.59 Å². The molecule has 3 N–H and O–H groups in total. The summed E-state index contributed by atoms with van der Waals surface area (Å²) in [5.41, 5.74) is 8.83. The maximum absolute atomic E-state index is 15.2. The number of alkyl halides is 1. The number of fused-ring (bicyclic) bond motifs is 3. The van der Waals surface area contributed by atoms with Crippen LogP contribution in [0.25, 0.3) is 33.6 Å². The van der Waals surface area contributed by atoms with E-state index < -0.39 is 17.6 Å². The summed E-state index contributed by atoms with van der Waals surface area (Å²) >= 11 is 0. The zero-order valence-corrected chi connectivity index (χ0v) is 26.9. The maximum Gasteiger partial charge on any atom is 0.258 e. The van der Waals surface area contributed by atoms with Crippen molar-refractivity contribution in [3.05, 3.63) is 41.6 Å². The second-order valence-electron chi connectivity index (χ2n) is 13.2. The van der Waals surface area contributed by atoms with Gasteiger partial charge in [-0.25, -0.2) is 14.4 Å². The summed E-state index contributed by atoms with van der Waals surface area (Å²) in [5, 5.41) is 3.81. The normalized spacial score (nSPS) is 27.0. The topological polar surface area (TPSA) is 130 Å². The van der Waals surface area contributed by atoms with Gasteiger partial charge in [-0.1, -0.05) is 12.8 Å². The molecular formula is C34H42FN7O4. The number of carbonyl (C=O) groups is 2. The Balaban J connectivity index is 1.27. The van der Waals surface area contributed by atoms with E-state index in [1.807, 2.05) is 36.7 Å². The van der Waals surface area contributed by atoms with Crippen LogP contribution in [0.15, 0.2) is 30.3 Å². The van der Waals surface area contributed by atoms with E-state index in [0.717, 1.165) is 47.3 Å². The molecule has 0 unspecified atom stereocenters. The van der Waals surface area contributed by atoms with E-state index in [2.05, 4.69) is 16.0 Å². The van der Waals surface area contributed by atoms with Crippen molar-refractivity contribution in [1.82, 2.24) is 29.3 Å². The summed E-state index contributed by atoms with van der Waals surface area (Å²) in [6.07, 6.45) is 4.27. The number of methoxy groups -OCH3 is 2. The van der Waals surface area contributed by atoms with E-state index in [4.69, 9.17) is 25.2 Å². The molecular weight excluding hydrogens is 589 g/mol. The maximum atomic E-state index is 15.2. The lowest BCUT2D eigenvalue weighted by molar-refractivity contribution is -0.128. The van der Waals surface area contributed by atoms with Crippen LogP contribution in [0.3, 0.4) is 0 Å². The number of benzene rings is 1. The SMILES string of the molecule is COc1cc(C(=O)N2CC[C@@H](OC)[C@@H](N)C2)cc2nc(-c3cc4ccc5nc4n3CCCCC[C@@H]3C[C@@]3(F)C(=O)N[C@@H]5C)n(C)c12. The summed E-state index contributed by atoms with van der Waals surface area (Å²) in [4.78, 5) is 38.3. The Bertz CT molecular complexity index is 1840. The molecule has 12 heteroatoms. The molecule has 0 spiro atoms. The number of imidazole rings is 1. The molecule has 3 aromatic heterocycles. The fourth-order valence-corrected chi connectivity index (χ4v) is 7.37. The van der Waals surface area contributed by atoms with Crippen LogP contribution < -0.4 is 15.8 Å². The fraction of sp³-hybridized carbons (Fsp3) is 0.529. The van der Waals surface area contributed by atoms with Crippen molar-refractivity contribution in [2.24, 2.45) is 18.7 Å². The molecule has 4 aromatic rings. The van der Waals surface area contributed by atoms with Gasteiger partial charge in [0.05, 0.1) is 36.2 Å².